The monoisotopic (exact) mass is 504 g/mol. The number of benzene rings is 3. The van der Waals surface area contributed by atoms with Crippen molar-refractivity contribution in [3.8, 4) is 23.0 Å². The average Bonchev–Trinajstić information content (AvgIpc) is 2.89. The van der Waals surface area contributed by atoms with Crippen LogP contribution < -0.4 is 19.1 Å². The molecular formula is C28H28N2O5S. The van der Waals surface area contributed by atoms with E-state index in [-0.39, 0.29) is 0 Å². The van der Waals surface area contributed by atoms with Gasteiger partial charge in [0.05, 0.1) is 19.7 Å². The van der Waals surface area contributed by atoms with E-state index in [1.165, 1.54) is 15.4 Å². The first-order chi connectivity index (χ1) is 17.5. The van der Waals surface area contributed by atoms with E-state index in [2.05, 4.69) is 36.2 Å². The van der Waals surface area contributed by atoms with Gasteiger partial charge >= 0.3 is 6.09 Å². The maximum absolute atomic E-state index is 11.9. The highest BCUT2D eigenvalue weighted by atomic mass is 32.2. The second-order valence-electron chi connectivity index (χ2n) is 8.08. The zero-order valence-electron chi connectivity index (χ0n) is 20.4. The lowest BCUT2D eigenvalue weighted by molar-refractivity contribution is 0.202. The summed E-state index contributed by atoms with van der Waals surface area (Å²) in [5, 5.41) is 10.5. The lowest BCUT2D eigenvalue weighted by Crippen LogP contribution is -2.30. The minimum Gasteiger partial charge on any atom is -0.493 e. The van der Waals surface area contributed by atoms with Gasteiger partial charge in [-0.3, -0.25) is 9.88 Å². The van der Waals surface area contributed by atoms with Gasteiger partial charge in [-0.2, -0.15) is 0 Å². The molecule has 0 aliphatic rings. The second kappa shape index (κ2) is 11.7. The summed E-state index contributed by atoms with van der Waals surface area (Å²) in [4.78, 5) is 18.8. The molecular weight excluding hydrogens is 476 g/mol. The number of aryl methyl sites for hydroxylation is 1. The molecule has 4 aromatic rings. The molecule has 0 radical (unpaired) electrons. The fourth-order valence-corrected chi connectivity index (χ4v) is 4.58. The molecule has 3 aromatic carbocycles. The first-order valence-electron chi connectivity index (χ1n) is 11.5. The third-order valence-corrected chi connectivity index (χ3v) is 6.73. The Kier molecular flexibility index (Phi) is 8.17. The molecule has 0 saturated heterocycles. The number of hydrogen-bond donors (Lipinski definition) is 1. The van der Waals surface area contributed by atoms with Crippen molar-refractivity contribution in [3.05, 3.63) is 78.5 Å². The molecule has 8 heteroatoms. The number of fused-ring (bicyclic) bond motifs is 1. The molecule has 0 saturated carbocycles. The van der Waals surface area contributed by atoms with E-state index in [1.807, 2.05) is 6.07 Å². The van der Waals surface area contributed by atoms with E-state index in [0.717, 1.165) is 17.6 Å². The Morgan fingerprint density at radius 3 is 2.31 bits per heavy atom. The summed E-state index contributed by atoms with van der Waals surface area (Å²) in [6, 6.07) is 20.8. The Morgan fingerprint density at radius 1 is 0.944 bits per heavy atom. The normalized spacial score (nSPS) is 10.8. The number of nitrogens with zero attached hydrogens (tertiary/aromatic N) is 2. The molecule has 1 amide bonds. The van der Waals surface area contributed by atoms with Crippen LogP contribution in [0.2, 0.25) is 0 Å². The number of amides is 1. The molecule has 0 aliphatic heterocycles. The van der Waals surface area contributed by atoms with Gasteiger partial charge in [-0.25, -0.2) is 4.79 Å². The van der Waals surface area contributed by atoms with Gasteiger partial charge in [0.1, 0.15) is 11.5 Å². The lowest BCUT2D eigenvalue weighted by Gasteiger charge is -2.19. The van der Waals surface area contributed by atoms with Crippen molar-refractivity contribution >= 4 is 34.4 Å². The van der Waals surface area contributed by atoms with E-state index >= 15 is 0 Å². The smallest absolute Gasteiger partial charge is 0.411 e. The van der Waals surface area contributed by atoms with E-state index in [9.17, 15) is 9.90 Å². The molecule has 1 aromatic heterocycles. The molecule has 36 heavy (non-hydrogen) atoms. The third-order valence-electron chi connectivity index (χ3n) is 5.63. The van der Waals surface area contributed by atoms with Gasteiger partial charge in [0.2, 0.25) is 0 Å². The van der Waals surface area contributed by atoms with E-state index in [0.29, 0.717) is 40.7 Å². The first-order valence-corrected chi connectivity index (χ1v) is 12.5. The van der Waals surface area contributed by atoms with Crippen molar-refractivity contribution in [3.63, 3.8) is 0 Å². The Balaban J connectivity index is 1.43. The van der Waals surface area contributed by atoms with Crippen LogP contribution in [0, 0.1) is 6.92 Å². The Labute approximate surface area is 214 Å². The number of methoxy groups -OCH3 is 2. The lowest BCUT2D eigenvalue weighted by atomic mass is 10.2. The molecule has 0 atom stereocenters. The maximum Gasteiger partial charge on any atom is 0.411 e. The van der Waals surface area contributed by atoms with Crippen LogP contribution in [-0.2, 0) is 0 Å². The van der Waals surface area contributed by atoms with Crippen molar-refractivity contribution in [2.24, 2.45) is 0 Å². The Morgan fingerprint density at radius 2 is 1.64 bits per heavy atom. The Hall–Kier alpha value is -3.91. The molecule has 4 rings (SSSR count). The van der Waals surface area contributed by atoms with Crippen LogP contribution in [0.15, 0.2) is 77.8 Å². The second-order valence-corrected chi connectivity index (χ2v) is 9.25. The van der Waals surface area contributed by atoms with Crippen molar-refractivity contribution in [2.75, 3.05) is 31.4 Å². The maximum atomic E-state index is 11.9. The molecule has 0 fully saturated rings. The van der Waals surface area contributed by atoms with Crippen LogP contribution in [0.3, 0.4) is 0 Å². The first kappa shape index (κ1) is 25.2. The van der Waals surface area contributed by atoms with Crippen molar-refractivity contribution in [1.82, 2.24) is 4.98 Å². The number of aromatic nitrogens is 1. The molecule has 0 unspecified atom stereocenters. The fourth-order valence-electron chi connectivity index (χ4n) is 3.74. The minimum absolute atomic E-state index is 0.408. The van der Waals surface area contributed by atoms with Crippen LogP contribution in [0.1, 0.15) is 12.0 Å². The zero-order chi connectivity index (χ0) is 25.5. The van der Waals surface area contributed by atoms with Gasteiger partial charge in [0.15, 0.2) is 11.5 Å². The van der Waals surface area contributed by atoms with Crippen molar-refractivity contribution in [2.45, 2.75) is 18.2 Å². The third kappa shape index (κ3) is 6.01. The molecule has 0 bridgehead atoms. The standard InChI is InChI=1S/C28H28N2O5S/c1-19-5-11-22(12-6-19)36-16-4-15-30(28(31)32)20-7-9-21(10-8-20)35-25-13-14-29-24-18-27(34-3)26(33-2)17-23(24)25/h5-14,17-18H,4,15-16H2,1-3H3,(H,31,32). The molecule has 0 aliphatic carbocycles. The van der Waals surface area contributed by atoms with Gasteiger partial charge in [-0.1, -0.05) is 17.7 Å². The van der Waals surface area contributed by atoms with Gasteiger partial charge in [0.25, 0.3) is 0 Å². The summed E-state index contributed by atoms with van der Waals surface area (Å²) in [7, 11) is 3.16. The number of pyridine rings is 1. The number of anilines is 1. The van der Waals surface area contributed by atoms with Crippen LogP contribution >= 0.6 is 11.8 Å². The molecule has 7 nitrogen and oxygen atoms in total. The highest BCUT2D eigenvalue weighted by molar-refractivity contribution is 7.99. The van der Waals surface area contributed by atoms with Crippen molar-refractivity contribution in [1.29, 1.82) is 0 Å². The molecule has 0 spiro atoms. The van der Waals surface area contributed by atoms with Crippen LogP contribution in [0.4, 0.5) is 10.5 Å². The van der Waals surface area contributed by atoms with Crippen LogP contribution in [0.25, 0.3) is 10.9 Å². The molecule has 186 valence electrons. The minimum atomic E-state index is -0.981. The van der Waals surface area contributed by atoms with E-state index in [1.54, 1.807) is 68.6 Å². The van der Waals surface area contributed by atoms with Crippen molar-refractivity contribution < 1.29 is 24.1 Å². The summed E-state index contributed by atoms with van der Waals surface area (Å²) >= 11 is 1.73. The highest BCUT2D eigenvalue weighted by Gasteiger charge is 2.15. The van der Waals surface area contributed by atoms with Crippen LogP contribution in [0.5, 0.6) is 23.0 Å². The zero-order valence-corrected chi connectivity index (χ0v) is 21.2. The number of thioether (sulfide) groups is 1. The SMILES string of the molecule is COc1cc2nccc(Oc3ccc(N(CCCSc4ccc(C)cc4)C(=O)O)cc3)c2cc1OC. The van der Waals surface area contributed by atoms with Gasteiger partial charge in [-0.05, 0) is 67.6 Å². The number of carbonyl (C=O) groups is 1. The number of hydrogen-bond acceptors (Lipinski definition) is 6. The van der Waals surface area contributed by atoms with E-state index in [4.69, 9.17) is 14.2 Å². The summed E-state index contributed by atoms with van der Waals surface area (Å²) in [6.07, 6.45) is 1.42. The summed E-state index contributed by atoms with van der Waals surface area (Å²) < 4.78 is 16.9. The number of ether oxygens (including phenoxy) is 3. The largest absolute Gasteiger partial charge is 0.493 e. The van der Waals surface area contributed by atoms with Gasteiger partial charge in [0, 0.05) is 34.8 Å². The predicted octanol–water partition coefficient (Wildman–Crippen LogP) is 7.02. The highest BCUT2D eigenvalue weighted by Crippen LogP contribution is 2.37. The van der Waals surface area contributed by atoms with Crippen LogP contribution in [-0.4, -0.2) is 42.7 Å². The number of rotatable bonds is 10. The predicted molar refractivity (Wildman–Crippen MR) is 143 cm³/mol. The topological polar surface area (TPSA) is 81.1 Å². The van der Waals surface area contributed by atoms with Gasteiger partial charge < -0.3 is 19.3 Å². The summed E-state index contributed by atoms with van der Waals surface area (Å²) in [6.45, 7) is 2.47. The molecule has 1 N–H and O–H groups in total. The molecule has 1 heterocycles. The fraction of sp³-hybridized carbons (Fsp3) is 0.214. The van der Waals surface area contributed by atoms with E-state index < -0.39 is 6.09 Å². The van der Waals surface area contributed by atoms with Gasteiger partial charge in [-0.15, -0.1) is 11.8 Å². The Bertz CT molecular complexity index is 1330. The average molecular weight is 505 g/mol. The quantitative estimate of drug-likeness (QED) is 0.184. The number of carboxylic acid groups (broad SMARTS) is 1. The summed E-state index contributed by atoms with van der Waals surface area (Å²) in [5.74, 6) is 3.19. The summed E-state index contributed by atoms with van der Waals surface area (Å²) in [5.41, 5.74) is 2.53.